The molecule has 0 saturated heterocycles. The van der Waals surface area contributed by atoms with Crippen molar-refractivity contribution in [3.8, 4) is 0 Å². The number of hydrogen-bond acceptors (Lipinski definition) is 4. The van der Waals surface area contributed by atoms with Crippen LogP contribution in [0.3, 0.4) is 0 Å². The van der Waals surface area contributed by atoms with Crippen LogP contribution >= 0.6 is 0 Å². The van der Waals surface area contributed by atoms with Gasteiger partial charge in [-0.1, -0.05) is 0 Å². The van der Waals surface area contributed by atoms with E-state index in [2.05, 4.69) is 15.2 Å². The molecule has 2 aromatic heterocycles. The molecule has 0 unspecified atom stereocenters. The molecule has 66 valence electrons. The predicted molar refractivity (Wildman–Crippen MR) is 48.5 cm³/mol. The fourth-order valence-corrected chi connectivity index (χ4v) is 1.36. The van der Waals surface area contributed by atoms with Crippen molar-refractivity contribution in [2.24, 2.45) is 0 Å². The third-order valence-electron chi connectivity index (χ3n) is 1.98. The molecule has 5 nitrogen and oxygen atoms in total. The van der Waals surface area contributed by atoms with Crippen molar-refractivity contribution in [1.82, 2.24) is 15.2 Å². The Morgan fingerprint density at radius 2 is 2.15 bits per heavy atom. The Balaban J connectivity index is 2.80. The number of hydrogen-bond donors (Lipinski definition) is 3. The van der Waals surface area contributed by atoms with Crippen LogP contribution in [-0.2, 0) is 0 Å². The van der Waals surface area contributed by atoms with Crippen LogP contribution in [0, 0.1) is 6.92 Å². The van der Waals surface area contributed by atoms with Gasteiger partial charge in [0.2, 0.25) is 0 Å². The van der Waals surface area contributed by atoms with Crippen molar-refractivity contribution in [3.63, 3.8) is 0 Å². The van der Waals surface area contributed by atoms with E-state index in [9.17, 15) is 0 Å². The first kappa shape index (κ1) is 8.21. The van der Waals surface area contributed by atoms with Crippen molar-refractivity contribution in [3.05, 3.63) is 18.0 Å². The largest absolute Gasteiger partial charge is 0.489 e. The van der Waals surface area contributed by atoms with Crippen LogP contribution in [0.2, 0.25) is 0 Å². The van der Waals surface area contributed by atoms with Crippen molar-refractivity contribution < 1.29 is 10.0 Å². The fraction of sp³-hybridized carbons (Fsp3) is 0.143. The molecule has 0 saturated carbocycles. The van der Waals surface area contributed by atoms with Gasteiger partial charge in [-0.25, -0.2) is 4.98 Å². The fourth-order valence-electron chi connectivity index (χ4n) is 1.36. The molecule has 2 rings (SSSR count). The Kier molecular flexibility index (Phi) is 1.79. The van der Waals surface area contributed by atoms with Gasteiger partial charge in [-0.2, -0.15) is 5.10 Å². The maximum atomic E-state index is 9.11. The number of nitrogens with zero attached hydrogens (tertiary/aromatic N) is 2. The van der Waals surface area contributed by atoms with Gasteiger partial charge < -0.3 is 10.0 Å². The van der Waals surface area contributed by atoms with Crippen LogP contribution in [0.25, 0.3) is 11.0 Å². The molecule has 0 spiro atoms. The summed E-state index contributed by atoms with van der Waals surface area (Å²) in [5.41, 5.74) is 1.76. The molecule has 3 N–H and O–H groups in total. The maximum Gasteiger partial charge on any atom is 0.489 e. The third kappa shape index (κ3) is 1.20. The lowest BCUT2D eigenvalue weighted by Crippen LogP contribution is -2.32. The first-order chi connectivity index (χ1) is 6.20. The summed E-state index contributed by atoms with van der Waals surface area (Å²) < 4.78 is 0. The summed E-state index contributed by atoms with van der Waals surface area (Å²) in [5.74, 6) is 0. The summed E-state index contributed by atoms with van der Waals surface area (Å²) in [7, 11) is -1.48. The van der Waals surface area contributed by atoms with Crippen molar-refractivity contribution in [2.75, 3.05) is 0 Å². The lowest BCUT2D eigenvalue weighted by atomic mass is 9.76. The minimum Gasteiger partial charge on any atom is -0.423 e. The van der Waals surface area contributed by atoms with E-state index in [1.54, 1.807) is 13.1 Å². The average molecular weight is 177 g/mol. The topological polar surface area (TPSA) is 82.0 Å². The molecule has 0 aliphatic carbocycles. The maximum absolute atomic E-state index is 9.11. The van der Waals surface area contributed by atoms with Gasteiger partial charge in [0.25, 0.3) is 0 Å². The summed E-state index contributed by atoms with van der Waals surface area (Å²) in [6.45, 7) is 1.77. The number of pyridine rings is 1. The van der Waals surface area contributed by atoms with E-state index in [1.165, 1.54) is 6.20 Å². The molecular formula is C7H8BN3O2. The van der Waals surface area contributed by atoms with Crippen molar-refractivity contribution >= 4 is 23.6 Å². The quantitative estimate of drug-likeness (QED) is 0.485. The summed E-state index contributed by atoms with van der Waals surface area (Å²) >= 11 is 0. The zero-order valence-electron chi connectivity index (χ0n) is 7.02. The number of H-pyrrole nitrogens is 1. The second kappa shape index (κ2) is 2.83. The van der Waals surface area contributed by atoms with E-state index >= 15 is 0 Å². The van der Waals surface area contributed by atoms with Gasteiger partial charge in [-0.3, -0.25) is 5.10 Å². The molecule has 0 fully saturated rings. The second-order valence-electron chi connectivity index (χ2n) is 2.86. The summed E-state index contributed by atoms with van der Waals surface area (Å²) in [4.78, 5) is 4.04. The highest BCUT2D eigenvalue weighted by molar-refractivity contribution is 6.62. The highest BCUT2D eigenvalue weighted by atomic mass is 16.4. The van der Waals surface area contributed by atoms with Crippen LogP contribution in [0.1, 0.15) is 5.56 Å². The van der Waals surface area contributed by atoms with E-state index in [0.29, 0.717) is 16.5 Å². The zero-order chi connectivity index (χ0) is 9.42. The normalized spacial score (nSPS) is 10.7. The van der Waals surface area contributed by atoms with E-state index in [4.69, 9.17) is 10.0 Å². The Morgan fingerprint density at radius 3 is 2.85 bits per heavy atom. The monoisotopic (exact) mass is 177 g/mol. The van der Waals surface area contributed by atoms with Crippen LogP contribution in [0.15, 0.2) is 12.4 Å². The lowest BCUT2D eigenvalue weighted by Gasteiger charge is -2.03. The highest BCUT2D eigenvalue weighted by Gasteiger charge is 2.18. The van der Waals surface area contributed by atoms with E-state index < -0.39 is 7.12 Å². The van der Waals surface area contributed by atoms with Gasteiger partial charge in [0.15, 0.2) is 5.65 Å². The minimum absolute atomic E-state index is 0.457. The molecular weight excluding hydrogens is 169 g/mol. The molecule has 0 amide bonds. The third-order valence-corrected chi connectivity index (χ3v) is 1.98. The molecule has 2 heterocycles. The lowest BCUT2D eigenvalue weighted by molar-refractivity contribution is 0.426. The number of aryl methyl sites for hydroxylation is 1. The molecule has 2 aromatic rings. The van der Waals surface area contributed by atoms with E-state index in [0.717, 1.165) is 5.56 Å². The van der Waals surface area contributed by atoms with E-state index in [-0.39, 0.29) is 0 Å². The Hall–Kier alpha value is -1.40. The highest BCUT2D eigenvalue weighted by Crippen LogP contribution is 2.06. The zero-order valence-corrected chi connectivity index (χ0v) is 7.02. The molecule has 0 aliphatic rings. The standard InChI is InChI=1S/C7H8BN3O2/c1-4-2-9-7-5(3-10-11-7)6(4)8(12)13/h2-3,12-13H,1H3,(H,9,10,11). The Labute approximate surface area is 74.6 Å². The first-order valence-electron chi connectivity index (χ1n) is 3.85. The number of aromatic nitrogens is 3. The van der Waals surface area contributed by atoms with Crippen LogP contribution < -0.4 is 5.46 Å². The first-order valence-corrected chi connectivity index (χ1v) is 3.85. The number of fused-ring (bicyclic) bond motifs is 1. The summed E-state index contributed by atoms with van der Waals surface area (Å²) in [5, 5.41) is 25.3. The van der Waals surface area contributed by atoms with Gasteiger partial charge in [0, 0.05) is 11.6 Å². The number of rotatable bonds is 1. The Morgan fingerprint density at radius 1 is 1.38 bits per heavy atom. The average Bonchev–Trinajstić information content (AvgIpc) is 2.50. The molecule has 13 heavy (non-hydrogen) atoms. The molecule has 0 atom stereocenters. The molecule has 0 aromatic carbocycles. The smallest absolute Gasteiger partial charge is 0.423 e. The second-order valence-corrected chi connectivity index (χ2v) is 2.86. The van der Waals surface area contributed by atoms with Gasteiger partial charge in [-0.15, -0.1) is 0 Å². The predicted octanol–water partition coefficient (Wildman–Crippen LogP) is -1.05. The minimum atomic E-state index is -1.48. The molecule has 6 heteroatoms. The summed E-state index contributed by atoms with van der Waals surface area (Å²) in [6.07, 6.45) is 3.11. The SMILES string of the molecule is Cc1cnc2[nH]ncc2c1B(O)O. The van der Waals surface area contributed by atoms with Gasteiger partial charge >= 0.3 is 7.12 Å². The molecule has 0 bridgehead atoms. The van der Waals surface area contributed by atoms with E-state index in [1.807, 2.05) is 0 Å². The van der Waals surface area contributed by atoms with Crippen LogP contribution in [0.4, 0.5) is 0 Å². The molecule has 0 radical (unpaired) electrons. The summed E-state index contributed by atoms with van der Waals surface area (Å²) in [6, 6.07) is 0. The molecule has 0 aliphatic heterocycles. The van der Waals surface area contributed by atoms with Crippen molar-refractivity contribution in [1.29, 1.82) is 0 Å². The van der Waals surface area contributed by atoms with Crippen molar-refractivity contribution in [2.45, 2.75) is 6.92 Å². The van der Waals surface area contributed by atoms with Gasteiger partial charge in [0.05, 0.1) is 6.20 Å². The Bertz CT molecular complexity index is 440. The number of aromatic amines is 1. The van der Waals surface area contributed by atoms with Gasteiger partial charge in [0.1, 0.15) is 0 Å². The van der Waals surface area contributed by atoms with Crippen LogP contribution in [0.5, 0.6) is 0 Å². The number of nitrogens with one attached hydrogen (secondary N) is 1. The van der Waals surface area contributed by atoms with Crippen LogP contribution in [-0.4, -0.2) is 32.3 Å². The van der Waals surface area contributed by atoms with Gasteiger partial charge in [-0.05, 0) is 17.9 Å².